The molecule has 1 amide bonds. The van der Waals surface area contributed by atoms with Gasteiger partial charge in [0, 0.05) is 17.0 Å². The Balaban J connectivity index is 2.07. The highest BCUT2D eigenvalue weighted by atomic mass is 32.1. The van der Waals surface area contributed by atoms with Crippen molar-refractivity contribution in [3.63, 3.8) is 0 Å². The lowest BCUT2D eigenvalue weighted by Gasteiger charge is -2.14. The Labute approximate surface area is 151 Å². The molecule has 7 heteroatoms. The van der Waals surface area contributed by atoms with Crippen LogP contribution in [0, 0.1) is 0 Å². The van der Waals surface area contributed by atoms with E-state index in [2.05, 4.69) is 24.1 Å². The number of anilines is 1. The molecule has 0 saturated heterocycles. The van der Waals surface area contributed by atoms with E-state index in [4.69, 9.17) is 5.11 Å². The lowest BCUT2D eigenvalue weighted by atomic mass is 10.1. The fourth-order valence-corrected chi connectivity index (χ4v) is 3.36. The average Bonchev–Trinajstić information content (AvgIpc) is 2.97. The summed E-state index contributed by atoms with van der Waals surface area (Å²) in [6.45, 7) is 4.66. The predicted molar refractivity (Wildman–Crippen MR) is 100 cm³/mol. The Morgan fingerprint density at radius 1 is 1.28 bits per heavy atom. The van der Waals surface area contributed by atoms with E-state index in [1.54, 1.807) is 11.9 Å². The Hall–Kier alpha value is -2.25. The minimum Gasteiger partial charge on any atom is -0.481 e. The number of thiazole rings is 1. The van der Waals surface area contributed by atoms with Crippen LogP contribution >= 0.6 is 11.3 Å². The van der Waals surface area contributed by atoms with Gasteiger partial charge in [-0.3, -0.25) is 14.5 Å². The zero-order chi connectivity index (χ0) is 18.4. The highest BCUT2D eigenvalue weighted by molar-refractivity contribution is 7.16. The number of carbonyl (C=O) groups excluding carboxylic acids is 1. The van der Waals surface area contributed by atoms with Crippen LogP contribution < -0.4 is 5.32 Å². The van der Waals surface area contributed by atoms with E-state index in [0.29, 0.717) is 17.6 Å². The molecule has 0 aliphatic heterocycles. The third-order valence-electron chi connectivity index (χ3n) is 3.59. The highest BCUT2D eigenvalue weighted by Gasteiger charge is 2.17. The summed E-state index contributed by atoms with van der Waals surface area (Å²) in [5.74, 6) is -0.769. The second-order valence-corrected chi connectivity index (χ2v) is 7.21. The van der Waals surface area contributed by atoms with Crippen molar-refractivity contribution in [3.8, 4) is 11.3 Å². The van der Waals surface area contributed by atoms with Crippen LogP contribution in [-0.4, -0.2) is 47.0 Å². The Morgan fingerprint density at radius 2 is 1.96 bits per heavy atom. The number of carboxylic acid groups (broad SMARTS) is 1. The van der Waals surface area contributed by atoms with Crippen molar-refractivity contribution < 1.29 is 14.7 Å². The molecule has 0 spiro atoms. The Kier molecular flexibility index (Phi) is 6.66. The molecule has 1 aromatic carbocycles. The first-order valence-electron chi connectivity index (χ1n) is 8.13. The first kappa shape index (κ1) is 19.1. The fourth-order valence-electron chi connectivity index (χ4n) is 2.35. The minimum absolute atomic E-state index is 0.0106. The van der Waals surface area contributed by atoms with E-state index in [9.17, 15) is 9.59 Å². The number of nitrogens with zero attached hydrogens (tertiary/aromatic N) is 2. The molecule has 2 aromatic rings. The number of benzene rings is 1. The molecule has 134 valence electrons. The molecule has 1 aromatic heterocycles. The quantitative estimate of drug-likeness (QED) is 0.754. The van der Waals surface area contributed by atoms with Gasteiger partial charge in [-0.25, -0.2) is 4.98 Å². The van der Waals surface area contributed by atoms with Crippen LogP contribution in [-0.2, 0) is 9.59 Å². The van der Waals surface area contributed by atoms with Gasteiger partial charge in [0.25, 0.3) is 0 Å². The number of rotatable bonds is 8. The first-order chi connectivity index (χ1) is 11.9. The third kappa shape index (κ3) is 5.65. The summed E-state index contributed by atoms with van der Waals surface area (Å²) in [4.78, 5) is 30.1. The van der Waals surface area contributed by atoms with E-state index in [0.717, 1.165) is 16.1 Å². The van der Waals surface area contributed by atoms with Crippen LogP contribution in [0.15, 0.2) is 30.3 Å². The largest absolute Gasteiger partial charge is 0.481 e. The van der Waals surface area contributed by atoms with Gasteiger partial charge >= 0.3 is 5.97 Å². The highest BCUT2D eigenvalue weighted by Crippen LogP contribution is 2.36. The third-order valence-corrected chi connectivity index (χ3v) is 4.86. The molecule has 25 heavy (non-hydrogen) atoms. The van der Waals surface area contributed by atoms with Gasteiger partial charge in [-0.05, 0) is 13.0 Å². The van der Waals surface area contributed by atoms with Gasteiger partial charge in [-0.2, -0.15) is 0 Å². The molecule has 1 heterocycles. The molecule has 0 saturated carbocycles. The fraction of sp³-hybridized carbons (Fsp3) is 0.389. The second-order valence-electron chi connectivity index (χ2n) is 6.18. The maximum absolute atomic E-state index is 12.2. The lowest BCUT2D eigenvalue weighted by Crippen LogP contribution is -2.31. The molecule has 6 nitrogen and oxygen atoms in total. The standard InChI is InChI=1S/C18H23N3O3S/c1-12(2)17-16(13-7-5-4-6-8-13)20-18(25-17)19-14(22)11-21(3)10-9-15(23)24/h4-8,12H,9-11H2,1-3H3,(H,23,24)(H,19,20,22). The maximum Gasteiger partial charge on any atom is 0.304 e. The number of amides is 1. The van der Waals surface area contributed by atoms with Gasteiger partial charge in [0.15, 0.2) is 5.13 Å². The van der Waals surface area contributed by atoms with E-state index in [-0.39, 0.29) is 18.9 Å². The van der Waals surface area contributed by atoms with Crippen LogP contribution in [0.25, 0.3) is 11.3 Å². The van der Waals surface area contributed by atoms with Gasteiger partial charge in [-0.15, -0.1) is 11.3 Å². The summed E-state index contributed by atoms with van der Waals surface area (Å²) in [6, 6.07) is 9.90. The average molecular weight is 361 g/mol. The summed E-state index contributed by atoms with van der Waals surface area (Å²) < 4.78 is 0. The van der Waals surface area contributed by atoms with E-state index < -0.39 is 5.97 Å². The number of aromatic nitrogens is 1. The summed E-state index contributed by atoms with van der Waals surface area (Å²) in [6.07, 6.45) is 0.0106. The van der Waals surface area contributed by atoms with E-state index >= 15 is 0 Å². The van der Waals surface area contributed by atoms with Gasteiger partial charge in [-0.1, -0.05) is 44.2 Å². The minimum atomic E-state index is -0.874. The summed E-state index contributed by atoms with van der Waals surface area (Å²) in [7, 11) is 1.72. The molecular weight excluding hydrogens is 338 g/mol. The topological polar surface area (TPSA) is 82.5 Å². The van der Waals surface area contributed by atoms with Crippen LogP contribution in [0.5, 0.6) is 0 Å². The van der Waals surface area contributed by atoms with Crippen LogP contribution in [0.2, 0.25) is 0 Å². The molecule has 0 aliphatic rings. The Bertz CT molecular complexity index is 728. The van der Waals surface area contributed by atoms with Gasteiger partial charge in [0.05, 0.1) is 18.7 Å². The predicted octanol–water partition coefficient (Wildman–Crippen LogP) is 3.28. The molecule has 0 radical (unpaired) electrons. The number of likely N-dealkylation sites (N-methyl/N-ethyl adjacent to an activating group) is 1. The molecule has 2 rings (SSSR count). The zero-order valence-electron chi connectivity index (χ0n) is 14.7. The smallest absolute Gasteiger partial charge is 0.304 e. The first-order valence-corrected chi connectivity index (χ1v) is 8.94. The van der Waals surface area contributed by atoms with Gasteiger partial charge in [0.1, 0.15) is 0 Å². The lowest BCUT2D eigenvalue weighted by molar-refractivity contribution is -0.137. The second kappa shape index (κ2) is 8.73. The van der Waals surface area contributed by atoms with Gasteiger partial charge < -0.3 is 10.4 Å². The van der Waals surface area contributed by atoms with Crippen molar-refractivity contribution in [1.82, 2.24) is 9.88 Å². The number of hydrogen-bond donors (Lipinski definition) is 2. The number of carboxylic acids is 1. The number of hydrogen-bond acceptors (Lipinski definition) is 5. The SMILES string of the molecule is CC(C)c1sc(NC(=O)CN(C)CCC(=O)O)nc1-c1ccccc1. The van der Waals surface area contributed by atoms with E-state index in [1.165, 1.54) is 11.3 Å². The summed E-state index contributed by atoms with van der Waals surface area (Å²) in [5.41, 5.74) is 1.93. The molecule has 2 N–H and O–H groups in total. The molecule has 0 atom stereocenters. The van der Waals surface area contributed by atoms with Crippen molar-refractivity contribution in [1.29, 1.82) is 0 Å². The normalized spacial score (nSPS) is 11.1. The van der Waals surface area contributed by atoms with Crippen molar-refractivity contribution in [2.45, 2.75) is 26.2 Å². The van der Waals surface area contributed by atoms with Crippen LogP contribution in [0.4, 0.5) is 5.13 Å². The van der Waals surface area contributed by atoms with Crippen LogP contribution in [0.3, 0.4) is 0 Å². The number of aliphatic carboxylic acids is 1. The summed E-state index contributed by atoms with van der Waals surface area (Å²) >= 11 is 1.48. The maximum atomic E-state index is 12.2. The molecular formula is C18H23N3O3S. The van der Waals surface area contributed by atoms with Crippen molar-refractivity contribution in [2.24, 2.45) is 0 Å². The van der Waals surface area contributed by atoms with Crippen molar-refractivity contribution in [3.05, 3.63) is 35.2 Å². The molecule has 0 fully saturated rings. The van der Waals surface area contributed by atoms with Crippen LogP contribution in [0.1, 0.15) is 31.1 Å². The molecule has 0 aliphatic carbocycles. The van der Waals surface area contributed by atoms with E-state index in [1.807, 2.05) is 30.3 Å². The number of carbonyl (C=O) groups is 2. The number of nitrogens with one attached hydrogen (secondary N) is 1. The molecule has 0 unspecified atom stereocenters. The molecule has 0 bridgehead atoms. The van der Waals surface area contributed by atoms with Gasteiger partial charge in [0.2, 0.25) is 5.91 Å². The Morgan fingerprint density at radius 3 is 2.56 bits per heavy atom. The zero-order valence-corrected chi connectivity index (χ0v) is 15.5. The van der Waals surface area contributed by atoms with Crippen molar-refractivity contribution in [2.75, 3.05) is 25.5 Å². The summed E-state index contributed by atoms with van der Waals surface area (Å²) in [5, 5.41) is 12.1. The van der Waals surface area contributed by atoms with Crippen molar-refractivity contribution >= 4 is 28.3 Å². The monoisotopic (exact) mass is 361 g/mol.